The molecule has 1 fully saturated rings. The van der Waals surface area contributed by atoms with Gasteiger partial charge in [0.25, 0.3) is 5.91 Å². The van der Waals surface area contributed by atoms with Crippen molar-refractivity contribution in [3.8, 4) is 5.75 Å². The van der Waals surface area contributed by atoms with Gasteiger partial charge < -0.3 is 24.5 Å². The van der Waals surface area contributed by atoms with E-state index in [-0.39, 0.29) is 25.2 Å². The molecule has 2 aromatic rings. The quantitative estimate of drug-likeness (QED) is 0.727. The molecule has 1 aliphatic heterocycles. The van der Waals surface area contributed by atoms with Gasteiger partial charge in [-0.1, -0.05) is 6.07 Å². The highest BCUT2D eigenvalue weighted by molar-refractivity contribution is 5.90. The van der Waals surface area contributed by atoms with E-state index < -0.39 is 5.97 Å². The topological polar surface area (TPSA) is 89.6 Å². The second kappa shape index (κ2) is 8.90. The molecule has 2 heterocycles. The molecule has 3 rings (SSSR count). The summed E-state index contributed by atoms with van der Waals surface area (Å²) >= 11 is 0. The molecule has 1 aromatic heterocycles. The Hall–Kier alpha value is -2.54. The molecule has 0 atom stereocenters. The summed E-state index contributed by atoms with van der Waals surface area (Å²) in [6.45, 7) is 4.71. The van der Waals surface area contributed by atoms with Crippen LogP contribution in [-0.4, -0.2) is 49.3 Å². The van der Waals surface area contributed by atoms with Gasteiger partial charge in [-0.25, -0.2) is 0 Å². The standard InChI is InChI=1S/C20H26N2O5/c1-13(2)27-19(24)11-22-18(23)12-26-17-5-3-4-16-20(17)15(10-21-16)14-6-8-25-9-7-14/h3-5,10,13-14,21H,6-9,11-12H2,1-2H3,(H,22,23). The van der Waals surface area contributed by atoms with Crippen molar-refractivity contribution in [2.45, 2.75) is 38.7 Å². The normalized spacial score (nSPS) is 15.1. The van der Waals surface area contributed by atoms with Crippen LogP contribution in [0.4, 0.5) is 0 Å². The van der Waals surface area contributed by atoms with Gasteiger partial charge in [0.05, 0.1) is 6.10 Å². The number of fused-ring (bicyclic) bond motifs is 1. The number of hydrogen-bond acceptors (Lipinski definition) is 5. The van der Waals surface area contributed by atoms with E-state index in [1.165, 1.54) is 5.56 Å². The van der Waals surface area contributed by atoms with Crippen LogP contribution in [0.1, 0.15) is 38.2 Å². The fraction of sp³-hybridized carbons (Fsp3) is 0.500. The van der Waals surface area contributed by atoms with Crippen molar-refractivity contribution in [2.75, 3.05) is 26.4 Å². The zero-order valence-electron chi connectivity index (χ0n) is 15.7. The van der Waals surface area contributed by atoms with Gasteiger partial charge in [-0.15, -0.1) is 0 Å². The maximum atomic E-state index is 12.0. The molecule has 0 bridgehead atoms. The molecule has 1 saturated heterocycles. The van der Waals surface area contributed by atoms with Crippen LogP contribution in [0, 0.1) is 0 Å². The Morgan fingerprint density at radius 1 is 1.30 bits per heavy atom. The van der Waals surface area contributed by atoms with Crippen molar-refractivity contribution in [3.05, 3.63) is 30.0 Å². The van der Waals surface area contributed by atoms with Crippen LogP contribution in [0.2, 0.25) is 0 Å². The number of rotatable bonds is 7. The number of aromatic amines is 1. The van der Waals surface area contributed by atoms with Crippen LogP contribution in [0.15, 0.2) is 24.4 Å². The molecule has 0 unspecified atom stereocenters. The Kier molecular flexibility index (Phi) is 6.34. The zero-order chi connectivity index (χ0) is 19.2. The summed E-state index contributed by atoms with van der Waals surface area (Å²) < 4.78 is 16.2. The predicted molar refractivity (Wildman–Crippen MR) is 101 cm³/mol. The van der Waals surface area contributed by atoms with E-state index in [0.717, 1.165) is 37.0 Å². The summed E-state index contributed by atoms with van der Waals surface area (Å²) in [6, 6.07) is 5.74. The first-order valence-corrected chi connectivity index (χ1v) is 9.31. The van der Waals surface area contributed by atoms with Crippen LogP contribution >= 0.6 is 0 Å². The number of aromatic nitrogens is 1. The molecular formula is C20H26N2O5. The van der Waals surface area contributed by atoms with Crippen LogP contribution in [0.5, 0.6) is 5.75 Å². The second-order valence-electron chi connectivity index (χ2n) is 6.91. The third-order valence-corrected chi connectivity index (χ3v) is 4.52. The van der Waals surface area contributed by atoms with Crippen LogP contribution in [0.25, 0.3) is 10.9 Å². The fourth-order valence-corrected chi connectivity index (χ4v) is 3.30. The average Bonchev–Trinajstić information content (AvgIpc) is 3.09. The first-order chi connectivity index (χ1) is 13.0. The SMILES string of the molecule is CC(C)OC(=O)CNC(=O)COc1cccc2[nH]cc(C3CCOCC3)c12. The highest BCUT2D eigenvalue weighted by atomic mass is 16.5. The Balaban J connectivity index is 1.63. The first kappa shape index (κ1) is 19.2. The van der Waals surface area contributed by atoms with Gasteiger partial charge in [-0.2, -0.15) is 0 Å². The van der Waals surface area contributed by atoms with Crippen molar-refractivity contribution >= 4 is 22.8 Å². The number of carbonyl (C=O) groups excluding carboxylic acids is 2. The second-order valence-corrected chi connectivity index (χ2v) is 6.91. The molecule has 0 radical (unpaired) electrons. The maximum absolute atomic E-state index is 12.0. The van der Waals surface area contributed by atoms with Crippen LogP contribution in [-0.2, 0) is 19.1 Å². The molecule has 7 nitrogen and oxygen atoms in total. The van der Waals surface area contributed by atoms with E-state index in [9.17, 15) is 9.59 Å². The summed E-state index contributed by atoms with van der Waals surface area (Å²) in [7, 11) is 0. The van der Waals surface area contributed by atoms with Gasteiger partial charge in [0.15, 0.2) is 6.61 Å². The highest BCUT2D eigenvalue weighted by Gasteiger charge is 2.21. The van der Waals surface area contributed by atoms with Gasteiger partial charge in [0, 0.05) is 30.3 Å². The van der Waals surface area contributed by atoms with E-state index in [1.807, 2.05) is 24.4 Å². The van der Waals surface area contributed by atoms with Crippen molar-refractivity contribution in [2.24, 2.45) is 0 Å². The van der Waals surface area contributed by atoms with Crippen molar-refractivity contribution < 1.29 is 23.8 Å². The van der Waals surface area contributed by atoms with Gasteiger partial charge in [-0.3, -0.25) is 9.59 Å². The highest BCUT2D eigenvalue weighted by Crippen LogP contribution is 2.37. The molecule has 7 heteroatoms. The minimum absolute atomic E-state index is 0.160. The third kappa shape index (κ3) is 5.01. The van der Waals surface area contributed by atoms with Gasteiger partial charge in [0.1, 0.15) is 12.3 Å². The number of carbonyl (C=O) groups is 2. The molecule has 1 aliphatic rings. The minimum Gasteiger partial charge on any atom is -0.483 e. The van der Waals surface area contributed by atoms with Gasteiger partial charge in [-0.05, 0) is 50.3 Å². The molecule has 0 aliphatic carbocycles. The molecule has 2 N–H and O–H groups in total. The zero-order valence-corrected chi connectivity index (χ0v) is 15.7. The molecule has 1 aromatic carbocycles. The Morgan fingerprint density at radius 3 is 2.81 bits per heavy atom. The van der Waals surface area contributed by atoms with Crippen molar-refractivity contribution in [3.63, 3.8) is 0 Å². The van der Waals surface area contributed by atoms with Crippen LogP contribution < -0.4 is 10.1 Å². The summed E-state index contributed by atoms with van der Waals surface area (Å²) in [4.78, 5) is 26.8. The monoisotopic (exact) mass is 374 g/mol. The lowest BCUT2D eigenvalue weighted by Crippen LogP contribution is -2.34. The minimum atomic E-state index is -0.465. The van der Waals surface area contributed by atoms with Crippen molar-refractivity contribution in [1.29, 1.82) is 0 Å². The molecule has 27 heavy (non-hydrogen) atoms. The molecule has 0 spiro atoms. The van der Waals surface area contributed by atoms with E-state index in [0.29, 0.717) is 11.7 Å². The third-order valence-electron chi connectivity index (χ3n) is 4.52. The van der Waals surface area contributed by atoms with E-state index in [1.54, 1.807) is 13.8 Å². The summed E-state index contributed by atoms with van der Waals surface area (Å²) in [5.41, 5.74) is 2.18. The smallest absolute Gasteiger partial charge is 0.325 e. The molecular weight excluding hydrogens is 348 g/mol. The Labute approximate surface area is 158 Å². The Bertz CT molecular complexity index is 793. The Morgan fingerprint density at radius 2 is 2.07 bits per heavy atom. The number of amides is 1. The van der Waals surface area contributed by atoms with Crippen LogP contribution in [0.3, 0.4) is 0 Å². The number of H-pyrrole nitrogens is 1. The molecule has 1 amide bonds. The fourth-order valence-electron chi connectivity index (χ4n) is 3.30. The van der Waals surface area contributed by atoms with E-state index >= 15 is 0 Å². The number of hydrogen-bond donors (Lipinski definition) is 2. The van der Waals surface area contributed by atoms with Crippen molar-refractivity contribution in [1.82, 2.24) is 10.3 Å². The number of esters is 1. The summed E-state index contributed by atoms with van der Waals surface area (Å²) in [5, 5.41) is 3.53. The lowest BCUT2D eigenvalue weighted by atomic mass is 9.91. The number of ether oxygens (including phenoxy) is 3. The molecule has 146 valence electrons. The average molecular weight is 374 g/mol. The summed E-state index contributed by atoms with van der Waals surface area (Å²) in [5.74, 6) is 0.246. The van der Waals surface area contributed by atoms with Gasteiger partial charge >= 0.3 is 5.97 Å². The molecule has 0 saturated carbocycles. The lowest BCUT2D eigenvalue weighted by Gasteiger charge is -2.22. The number of nitrogens with one attached hydrogen (secondary N) is 2. The van der Waals surface area contributed by atoms with Gasteiger partial charge in [0.2, 0.25) is 0 Å². The lowest BCUT2D eigenvalue weighted by molar-refractivity contribution is -0.147. The van der Waals surface area contributed by atoms with E-state index in [2.05, 4.69) is 10.3 Å². The first-order valence-electron chi connectivity index (χ1n) is 9.31. The summed E-state index contributed by atoms with van der Waals surface area (Å²) in [6.07, 6.45) is 3.76. The van der Waals surface area contributed by atoms with E-state index in [4.69, 9.17) is 14.2 Å². The largest absolute Gasteiger partial charge is 0.483 e. The predicted octanol–water partition coefficient (Wildman–Crippen LogP) is 2.51. The maximum Gasteiger partial charge on any atom is 0.325 e. The number of benzene rings is 1.